The summed E-state index contributed by atoms with van der Waals surface area (Å²) in [5.41, 5.74) is 5.07. The van der Waals surface area contributed by atoms with Crippen molar-refractivity contribution in [1.82, 2.24) is 0 Å². The molecule has 1 N–H and O–H groups in total. The Balaban J connectivity index is 1.93. The fourth-order valence-electron chi connectivity index (χ4n) is 3.60. The summed E-state index contributed by atoms with van der Waals surface area (Å²) >= 11 is 6.51. The van der Waals surface area contributed by atoms with Gasteiger partial charge in [0.1, 0.15) is 0 Å². The number of aliphatic hydroxyl groups is 1. The third-order valence-corrected chi connectivity index (χ3v) is 5.43. The first-order valence-corrected chi connectivity index (χ1v) is 9.50. The quantitative estimate of drug-likeness (QED) is 0.595. The van der Waals surface area contributed by atoms with Crippen LogP contribution in [0.15, 0.2) is 78.6 Å². The molecule has 0 radical (unpaired) electrons. The fraction of sp³-hybridized carbons (Fsp3) is 0.125. The molecule has 1 unspecified atom stereocenters. The second kappa shape index (κ2) is 7.17. The molecular formula is C24H20ClNO2. The highest BCUT2D eigenvalue weighted by atomic mass is 35.5. The number of benzene rings is 3. The van der Waals surface area contributed by atoms with E-state index in [-0.39, 0.29) is 5.76 Å². The SMILES string of the molecule is Cc1ccc(C2=C(O)C(=O)N(c3ccc(C)cc3)C2c2ccccc2Cl)cc1. The molecule has 28 heavy (non-hydrogen) atoms. The number of hydrogen-bond donors (Lipinski definition) is 1. The van der Waals surface area contributed by atoms with Gasteiger partial charge in [0.05, 0.1) is 6.04 Å². The minimum atomic E-state index is -0.508. The highest BCUT2D eigenvalue weighted by Crippen LogP contribution is 2.46. The van der Waals surface area contributed by atoms with Crippen LogP contribution >= 0.6 is 11.6 Å². The Hall–Kier alpha value is -3.04. The second-order valence-corrected chi connectivity index (χ2v) is 7.47. The molecule has 0 aromatic heterocycles. The second-order valence-electron chi connectivity index (χ2n) is 7.06. The number of aryl methyl sites for hydroxylation is 2. The van der Waals surface area contributed by atoms with Gasteiger partial charge in [0.15, 0.2) is 5.76 Å². The van der Waals surface area contributed by atoms with E-state index >= 15 is 0 Å². The van der Waals surface area contributed by atoms with Crippen LogP contribution in [0, 0.1) is 13.8 Å². The number of carbonyl (C=O) groups excluding carboxylic acids is 1. The predicted octanol–water partition coefficient (Wildman–Crippen LogP) is 6.01. The molecule has 1 aliphatic heterocycles. The zero-order valence-electron chi connectivity index (χ0n) is 15.7. The average Bonchev–Trinajstić information content (AvgIpc) is 2.95. The van der Waals surface area contributed by atoms with Crippen molar-refractivity contribution in [3.63, 3.8) is 0 Å². The summed E-state index contributed by atoms with van der Waals surface area (Å²) in [6, 6.07) is 22.4. The maximum absolute atomic E-state index is 13.1. The largest absolute Gasteiger partial charge is 0.503 e. The van der Waals surface area contributed by atoms with Crippen molar-refractivity contribution < 1.29 is 9.90 Å². The number of rotatable bonds is 3. The molecule has 1 amide bonds. The van der Waals surface area contributed by atoms with Crippen LogP contribution in [0.5, 0.6) is 0 Å². The summed E-state index contributed by atoms with van der Waals surface area (Å²) in [6.45, 7) is 4.00. The third-order valence-electron chi connectivity index (χ3n) is 5.08. The van der Waals surface area contributed by atoms with E-state index in [9.17, 15) is 9.90 Å². The summed E-state index contributed by atoms with van der Waals surface area (Å²) in [4.78, 5) is 14.7. The van der Waals surface area contributed by atoms with Gasteiger partial charge in [0.2, 0.25) is 0 Å². The lowest BCUT2D eigenvalue weighted by atomic mass is 9.92. The molecule has 1 heterocycles. The molecule has 4 rings (SSSR count). The summed E-state index contributed by atoms with van der Waals surface area (Å²) in [5.74, 6) is -0.668. The van der Waals surface area contributed by atoms with Gasteiger partial charge < -0.3 is 5.11 Å². The summed E-state index contributed by atoms with van der Waals surface area (Å²) in [6.07, 6.45) is 0. The van der Waals surface area contributed by atoms with E-state index < -0.39 is 11.9 Å². The van der Waals surface area contributed by atoms with Crippen LogP contribution in [0.3, 0.4) is 0 Å². The van der Waals surface area contributed by atoms with Crippen molar-refractivity contribution in [1.29, 1.82) is 0 Å². The van der Waals surface area contributed by atoms with Gasteiger partial charge in [-0.25, -0.2) is 0 Å². The molecular weight excluding hydrogens is 370 g/mol. The molecule has 3 aromatic carbocycles. The monoisotopic (exact) mass is 389 g/mol. The zero-order valence-corrected chi connectivity index (χ0v) is 16.4. The van der Waals surface area contributed by atoms with Crippen molar-refractivity contribution >= 4 is 28.8 Å². The highest BCUT2D eigenvalue weighted by molar-refractivity contribution is 6.32. The fourth-order valence-corrected chi connectivity index (χ4v) is 3.84. The van der Waals surface area contributed by atoms with Crippen LogP contribution in [0.25, 0.3) is 5.57 Å². The summed E-state index contributed by atoms with van der Waals surface area (Å²) in [5, 5.41) is 11.4. The van der Waals surface area contributed by atoms with E-state index in [0.717, 1.165) is 22.3 Å². The van der Waals surface area contributed by atoms with Crippen molar-refractivity contribution in [2.45, 2.75) is 19.9 Å². The van der Waals surface area contributed by atoms with Crippen LogP contribution < -0.4 is 4.90 Å². The topological polar surface area (TPSA) is 40.5 Å². The van der Waals surface area contributed by atoms with Gasteiger partial charge in [-0.15, -0.1) is 0 Å². The van der Waals surface area contributed by atoms with Gasteiger partial charge in [0, 0.05) is 16.3 Å². The lowest BCUT2D eigenvalue weighted by Gasteiger charge is -2.28. The van der Waals surface area contributed by atoms with Crippen LogP contribution in [0.1, 0.15) is 28.3 Å². The first-order chi connectivity index (χ1) is 13.5. The van der Waals surface area contributed by atoms with E-state index in [1.165, 1.54) is 0 Å². The minimum Gasteiger partial charge on any atom is -0.503 e. The van der Waals surface area contributed by atoms with Crippen LogP contribution in [0.2, 0.25) is 5.02 Å². The average molecular weight is 390 g/mol. The first-order valence-electron chi connectivity index (χ1n) is 9.12. The Labute approximate surface area is 169 Å². The van der Waals surface area contributed by atoms with E-state index in [1.807, 2.05) is 80.6 Å². The molecule has 4 heteroatoms. The van der Waals surface area contributed by atoms with E-state index in [2.05, 4.69) is 0 Å². The van der Waals surface area contributed by atoms with Gasteiger partial charge >= 0.3 is 0 Å². The first kappa shape index (κ1) is 18.3. The Morgan fingerprint density at radius 2 is 1.43 bits per heavy atom. The Morgan fingerprint density at radius 3 is 2.04 bits per heavy atom. The van der Waals surface area contributed by atoms with Gasteiger partial charge in [-0.3, -0.25) is 9.69 Å². The molecule has 140 valence electrons. The Bertz CT molecular complexity index is 1070. The van der Waals surface area contributed by atoms with Crippen LogP contribution in [-0.2, 0) is 4.79 Å². The van der Waals surface area contributed by atoms with Crippen LogP contribution in [-0.4, -0.2) is 11.0 Å². The van der Waals surface area contributed by atoms with Crippen molar-refractivity contribution in [2.75, 3.05) is 4.90 Å². The van der Waals surface area contributed by atoms with Crippen molar-refractivity contribution in [3.05, 3.63) is 106 Å². The van der Waals surface area contributed by atoms with Gasteiger partial charge in [-0.2, -0.15) is 0 Å². The maximum atomic E-state index is 13.1. The third kappa shape index (κ3) is 3.08. The number of anilines is 1. The number of halogens is 1. The van der Waals surface area contributed by atoms with E-state index in [0.29, 0.717) is 16.3 Å². The molecule has 0 saturated heterocycles. The molecule has 1 atom stereocenters. The van der Waals surface area contributed by atoms with Gasteiger partial charge in [0.25, 0.3) is 5.91 Å². The molecule has 0 aliphatic carbocycles. The Morgan fingerprint density at radius 1 is 0.857 bits per heavy atom. The van der Waals surface area contributed by atoms with E-state index in [1.54, 1.807) is 11.0 Å². The number of carbonyl (C=O) groups is 1. The lowest BCUT2D eigenvalue weighted by Crippen LogP contribution is -2.30. The predicted molar refractivity (Wildman–Crippen MR) is 114 cm³/mol. The molecule has 3 nitrogen and oxygen atoms in total. The molecule has 1 aliphatic rings. The number of hydrogen-bond acceptors (Lipinski definition) is 2. The number of nitrogens with zero attached hydrogens (tertiary/aromatic N) is 1. The minimum absolute atomic E-state index is 0.241. The summed E-state index contributed by atoms with van der Waals surface area (Å²) < 4.78 is 0. The smallest absolute Gasteiger partial charge is 0.294 e. The molecule has 3 aromatic rings. The maximum Gasteiger partial charge on any atom is 0.294 e. The standard InChI is InChI=1S/C24H20ClNO2/c1-15-7-11-17(12-8-15)21-22(19-5-3-4-6-20(19)25)26(24(28)23(21)27)18-13-9-16(2)10-14-18/h3-14,22,27H,1-2H3. The highest BCUT2D eigenvalue weighted by Gasteiger charge is 2.42. The van der Waals surface area contributed by atoms with Gasteiger partial charge in [-0.05, 0) is 43.2 Å². The molecule has 0 spiro atoms. The van der Waals surface area contributed by atoms with Crippen LogP contribution in [0.4, 0.5) is 5.69 Å². The lowest BCUT2D eigenvalue weighted by molar-refractivity contribution is -0.117. The zero-order chi connectivity index (χ0) is 19.8. The summed E-state index contributed by atoms with van der Waals surface area (Å²) in [7, 11) is 0. The van der Waals surface area contributed by atoms with E-state index in [4.69, 9.17) is 11.6 Å². The molecule has 0 saturated carbocycles. The molecule has 0 bridgehead atoms. The number of aliphatic hydroxyl groups excluding tert-OH is 1. The van der Waals surface area contributed by atoms with Gasteiger partial charge in [-0.1, -0.05) is 77.3 Å². The number of amides is 1. The van der Waals surface area contributed by atoms with Crippen molar-refractivity contribution in [3.8, 4) is 0 Å². The molecule has 0 fully saturated rings. The Kier molecular flexibility index (Phi) is 4.70. The van der Waals surface area contributed by atoms with Crippen molar-refractivity contribution in [2.24, 2.45) is 0 Å². The normalized spacial score (nSPS) is 16.8.